The number of hydrogen-bond acceptors (Lipinski definition) is 2. The van der Waals surface area contributed by atoms with Crippen molar-refractivity contribution in [1.82, 2.24) is 4.98 Å². The Labute approximate surface area is 124 Å². The van der Waals surface area contributed by atoms with Gasteiger partial charge in [0.1, 0.15) is 5.76 Å². The number of pyridine rings is 1. The number of benzene rings is 1. The van der Waals surface area contributed by atoms with Crippen LogP contribution in [-0.2, 0) is 4.74 Å². The van der Waals surface area contributed by atoms with Crippen molar-refractivity contribution in [3.63, 3.8) is 0 Å². The molecule has 0 aliphatic carbocycles. The van der Waals surface area contributed by atoms with Gasteiger partial charge in [0.25, 0.3) is 0 Å². The topological polar surface area (TPSA) is 45.9 Å². The monoisotopic (exact) mass is 451 g/mol. The standard InChI is InChI=1S/C13H13N2O.U/c1-3-16-9(2)10-4-5-13-11(8-10)12(14)6-7-15-13;/h4-8H,2-3H2,1H3,(H-,14,15);/q-1;+2. The van der Waals surface area contributed by atoms with Crippen molar-refractivity contribution in [3.8, 4) is 0 Å². The summed E-state index contributed by atoms with van der Waals surface area (Å²) in [4.78, 5) is 4.20. The van der Waals surface area contributed by atoms with Gasteiger partial charge in [0.15, 0.2) is 0 Å². The molecule has 0 aliphatic heterocycles. The molecule has 1 aromatic carbocycles. The molecular weight excluding hydrogens is 438 g/mol. The number of nitrogens with zero attached hydrogens (tertiary/aromatic N) is 1. The zero-order valence-electron chi connectivity index (χ0n) is 9.66. The molecule has 0 saturated heterocycles. The number of hydrogen-bond donors (Lipinski definition) is 0. The summed E-state index contributed by atoms with van der Waals surface area (Å²) in [5, 5.41) is 0.820. The van der Waals surface area contributed by atoms with Crippen molar-refractivity contribution in [2.75, 3.05) is 6.61 Å². The van der Waals surface area contributed by atoms with Crippen molar-refractivity contribution >= 4 is 22.3 Å². The summed E-state index contributed by atoms with van der Waals surface area (Å²) in [5.41, 5.74) is 9.98. The van der Waals surface area contributed by atoms with Crippen LogP contribution in [-0.4, -0.2) is 11.6 Å². The van der Waals surface area contributed by atoms with Gasteiger partial charge in [-0.05, 0) is 30.5 Å². The van der Waals surface area contributed by atoms with E-state index in [1.54, 1.807) is 12.3 Å². The van der Waals surface area contributed by atoms with Gasteiger partial charge in [-0.25, -0.2) is 0 Å². The number of rotatable bonds is 3. The van der Waals surface area contributed by atoms with E-state index in [1.807, 2.05) is 25.1 Å². The van der Waals surface area contributed by atoms with Crippen LogP contribution in [0.2, 0.25) is 0 Å². The zero-order valence-corrected chi connectivity index (χ0v) is 13.8. The molecule has 0 unspecified atom stereocenters. The van der Waals surface area contributed by atoms with Gasteiger partial charge in [-0.2, -0.15) is 0 Å². The van der Waals surface area contributed by atoms with Crippen LogP contribution in [0.3, 0.4) is 0 Å². The fraction of sp³-hybridized carbons (Fsp3) is 0.154. The molecule has 2 aromatic rings. The van der Waals surface area contributed by atoms with E-state index in [-0.39, 0.29) is 31.1 Å². The van der Waals surface area contributed by atoms with Crippen molar-refractivity contribution in [3.05, 3.63) is 48.3 Å². The van der Waals surface area contributed by atoms with Gasteiger partial charge < -0.3 is 10.5 Å². The van der Waals surface area contributed by atoms with Crippen molar-refractivity contribution in [1.29, 1.82) is 0 Å². The summed E-state index contributed by atoms with van der Waals surface area (Å²) in [7, 11) is 0. The third kappa shape index (κ3) is 3.02. The predicted octanol–water partition coefficient (Wildman–Crippen LogP) is 3.93. The van der Waals surface area contributed by atoms with E-state index < -0.39 is 0 Å². The fourth-order valence-corrected chi connectivity index (χ4v) is 1.58. The van der Waals surface area contributed by atoms with Crippen LogP contribution < -0.4 is 0 Å². The average molecular weight is 451 g/mol. The normalized spacial score (nSPS) is 9.71. The minimum atomic E-state index is 0. The van der Waals surface area contributed by atoms with Crippen molar-refractivity contribution < 1.29 is 35.9 Å². The summed E-state index contributed by atoms with van der Waals surface area (Å²) in [6, 6.07) is 7.36. The minimum Gasteiger partial charge on any atom is -0.698 e. The average Bonchev–Trinajstić information content (AvgIpc) is 2.29. The molecule has 0 radical (unpaired) electrons. The van der Waals surface area contributed by atoms with Gasteiger partial charge in [0, 0.05) is 11.8 Å². The maximum Gasteiger partial charge on any atom is 2.00 e. The van der Waals surface area contributed by atoms with E-state index in [9.17, 15) is 0 Å². The van der Waals surface area contributed by atoms with Gasteiger partial charge in [0.05, 0.1) is 12.1 Å². The molecule has 0 fully saturated rings. The number of ether oxygens (including phenoxy) is 1. The first-order valence-electron chi connectivity index (χ1n) is 5.15. The Balaban J connectivity index is 0.00000144. The molecule has 3 nitrogen and oxygen atoms in total. The molecule has 0 atom stereocenters. The molecule has 0 spiro atoms. The van der Waals surface area contributed by atoms with Gasteiger partial charge >= 0.3 is 31.1 Å². The van der Waals surface area contributed by atoms with Gasteiger partial charge in [-0.3, -0.25) is 4.98 Å². The molecular formula is C13H13N2OU+. The smallest absolute Gasteiger partial charge is 0.698 e. The Morgan fingerprint density at radius 2 is 2.18 bits per heavy atom. The first-order chi connectivity index (χ1) is 7.72. The molecule has 4 heteroatoms. The van der Waals surface area contributed by atoms with Crippen LogP contribution in [0.4, 0.5) is 5.69 Å². The summed E-state index contributed by atoms with van der Waals surface area (Å²) in [6.07, 6.45) is 1.64. The molecule has 17 heavy (non-hydrogen) atoms. The molecule has 0 aliphatic rings. The Hall–Kier alpha value is -0.978. The van der Waals surface area contributed by atoms with Crippen LogP contribution in [0.15, 0.2) is 37.0 Å². The molecule has 1 heterocycles. The van der Waals surface area contributed by atoms with E-state index in [0.29, 0.717) is 18.1 Å². The van der Waals surface area contributed by atoms with E-state index >= 15 is 0 Å². The first-order valence-corrected chi connectivity index (χ1v) is 5.15. The third-order valence-electron chi connectivity index (χ3n) is 2.38. The summed E-state index contributed by atoms with van der Waals surface area (Å²) < 4.78 is 5.34. The first kappa shape index (κ1) is 14.1. The summed E-state index contributed by atoms with van der Waals surface area (Å²) in [6.45, 7) is 6.36. The second-order valence-electron chi connectivity index (χ2n) is 3.45. The van der Waals surface area contributed by atoms with Gasteiger partial charge in [-0.15, -0.1) is 5.69 Å². The summed E-state index contributed by atoms with van der Waals surface area (Å²) >= 11 is 0. The van der Waals surface area contributed by atoms with Crippen molar-refractivity contribution in [2.45, 2.75) is 6.92 Å². The molecule has 1 aromatic heterocycles. The quantitative estimate of drug-likeness (QED) is 0.665. The minimum absolute atomic E-state index is 0. The molecule has 0 saturated carbocycles. The third-order valence-corrected chi connectivity index (χ3v) is 2.38. The van der Waals surface area contributed by atoms with Crippen molar-refractivity contribution in [2.24, 2.45) is 0 Å². The second-order valence-corrected chi connectivity index (χ2v) is 3.45. The van der Waals surface area contributed by atoms with E-state index in [4.69, 9.17) is 10.5 Å². The largest absolute Gasteiger partial charge is 2.00 e. The fourth-order valence-electron chi connectivity index (χ4n) is 1.58. The maximum atomic E-state index is 7.79. The number of nitrogens with one attached hydrogen (secondary N) is 1. The van der Waals surface area contributed by atoms with Gasteiger partial charge in [-0.1, -0.05) is 12.6 Å². The zero-order chi connectivity index (χ0) is 11.5. The second kappa shape index (κ2) is 6.09. The molecule has 2 rings (SSSR count). The van der Waals surface area contributed by atoms with E-state index in [1.165, 1.54) is 0 Å². The Morgan fingerprint density at radius 1 is 1.41 bits per heavy atom. The molecule has 0 amide bonds. The van der Waals surface area contributed by atoms with E-state index in [2.05, 4.69) is 11.6 Å². The predicted molar refractivity (Wildman–Crippen MR) is 66.4 cm³/mol. The molecule has 1 N–H and O–H groups in total. The Kier molecular flexibility index (Phi) is 5.05. The number of fused-ring (bicyclic) bond motifs is 1. The van der Waals surface area contributed by atoms with Gasteiger partial charge in [0.2, 0.25) is 0 Å². The maximum absolute atomic E-state index is 7.79. The SMILES string of the molecule is C=C(OCC)c1ccc2nccc([NH-])c2c1.[U+2]. The van der Waals surface area contributed by atoms with Crippen LogP contribution in [0, 0.1) is 31.1 Å². The molecule has 84 valence electrons. The van der Waals surface area contributed by atoms with Crippen LogP contribution in [0.5, 0.6) is 0 Å². The van der Waals surface area contributed by atoms with E-state index in [0.717, 1.165) is 16.5 Å². The Morgan fingerprint density at radius 3 is 2.88 bits per heavy atom. The summed E-state index contributed by atoms with van der Waals surface area (Å²) in [5.74, 6) is 0.632. The van der Waals surface area contributed by atoms with Crippen LogP contribution in [0.1, 0.15) is 12.5 Å². The van der Waals surface area contributed by atoms with Crippen LogP contribution >= 0.6 is 0 Å². The van der Waals surface area contributed by atoms with Crippen LogP contribution in [0.25, 0.3) is 22.4 Å². The number of aromatic nitrogens is 1. The Bertz CT molecular complexity index is 540. The molecule has 0 bridgehead atoms.